The second kappa shape index (κ2) is 10.6. The number of carbonyl (C=O) groups is 1. The van der Waals surface area contributed by atoms with E-state index in [2.05, 4.69) is 35.9 Å². The zero-order valence-corrected chi connectivity index (χ0v) is 22.5. The maximum atomic E-state index is 13.0. The highest BCUT2D eigenvalue weighted by Gasteiger charge is 2.29. The molecule has 0 spiro atoms. The summed E-state index contributed by atoms with van der Waals surface area (Å²) in [6.45, 7) is 12.6. The molecule has 2 amide bonds. The first kappa shape index (κ1) is 24.8. The summed E-state index contributed by atoms with van der Waals surface area (Å²) in [4.78, 5) is 32.4. The van der Waals surface area contributed by atoms with Gasteiger partial charge in [-0.05, 0) is 36.6 Å². The van der Waals surface area contributed by atoms with Crippen LogP contribution in [0.1, 0.15) is 37.0 Å². The third-order valence-corrected chi connectivity index (χ3v) is 8.17. The third-order valence-electron chi connectivity index (χ3n) is 7.06. The molecule has 8 nitrogen and oxygen atoms in total. The number of piperazine rings is 1. The molecule has 1 fully saturated rings. The molecule has 0 saturated carbocycles. The van der Waals surface area contributed by atoms with Crippen LogP contribution in [0.4, 0.5) is 16.3 Å². The molecule has 2 aliphatic rings. The summed E-state index contributed by atoms with van der Waals surface area (Å²) in [5.41, 5.74) is 2.12. The number of carbonyl (C=O) groups excluding carboxylic acids is 1. The smallest absolute Gasteiger partial charge is 0.322 e. The first-order valence-electron chi connectivity index (χ1n) is 12.9. The lowest BCUT2D eigenvalue weighted by Gasteiger charge is -2.36. The van der Waals surface area contributed by atoms with E-state index in [-0.39, 0.29) is 6.03 Å². The lowest BCUT2D eigenvalue weighted by atomic mass is 10.0. The molecular weight excluding hydrogens is 472 g/mol. The molecule has 5 rings (SSSR count). The molecule has 0 aliphatic carbocycles. The fraction of sp³-hybridized carbons (Fsp3) is 0.519. The quantitative estimate of drug-likeness (QED) is 0.523. The van der Waals surface area contributed by atoms with E-state index < -0.39 is 0 Å². The first-order chi connectivity index (χ1) is 17.5. The molecule has 1 N–H and O–H groups in total. The molecular formula is C27H36N6O2S. The fourth-order valence-electron chi connectivity index (χ4n) is 5.09. The standard InChI is InChI=1S/C27H36N6O2S/c1-5-31-11-10-19-22(17-31)36-26-24(19)25(29-23(30-26)16-18(2)3)32-12-14-33(15-13-32)27(34)28-20-8-6-7-9-21(20)35-4/h6-9,18H,5,10-17H2,1-4H3,(H,28,34). The summed E-state index contributed by atoms with van der Waals surface area (Å²) in [7, 11) is 1.61. The summed E-state index contributed by atoms with van der Waals surface area (Å²) in [6.07, 6.45) is 1.91. The number of hydrogen-bond acceptors (Lipinski definition) is 7. The fourth-order valence-corrected chi connectivity index (χ4v) is 6.37. The minimum atomic E-state index is -0.0972. The molecule has 9 heteroatoms. The molecule has 2 aromatic heterocycles. The monoisotopic (exact) mass is 508 g/mol. The van der Waals surface area contributed by atoms with Crippen LogP contribution in [-0.2, 0) is 19.4 Å². The molecule has 1 saturated heterocycles. The Balaban J connectivity index is 1.37. The van der Waals surface area contributed by atoms with Gasteiger partial charge >= 0.3 is 6.03 Å². The summed E-state index contributed by atoms with van der Waals surface area (Å²) >= 11 is 1.84. The van der Waals surface area contributed by atoms with Crippen LogP contribution in [0.25, 0.3) is 10.2 Å². The Hall–Kier alpha value is -2.91. The Labute approximate surface area is 217 Å². The number of anilines is 2. The van der Waals surface area contributed by atoms with Gasteiger partial charge in [-0.3, -0.25) is 4.90 Å². The normalized spacial score (nSPS) is 16.5. The number of hydrogen-bond donors (Lipinski definition) is 1. The van der Waals surface area contributed by atoms with Gasteiger partial charge in [0.15, 0.2) is 0 Å². The van der Waals surface area contributed by atoms with Crippen LogP contribution >= 0.6 is 11.3 Å². The molecule has 192 valence electrons. The van der Waals surface area contributed by atoms with Gasteiger partial charge in [-0.25, -0.2) is 14.8 Å². The van der Waals surface area contributed by atoms with Crippen LogP contribution in [0, 0.1) is 5.92 Å². The summed E-state index contributed by atoms with van der Waals surface area (Å²) in [5, 5.41) is 4.25. The number of rotatable bonds is 6. The van der Waals surface area contributed by atoms with Crippen molar-refractivity contribution in [1.82, 2.24) is 19.8 Å². The number of fused-ring (bicyclic) bond motifs is 3. The lowest BCUT2D eigenvalue weighted by Crippen LogP contribution is -2.50. The van der Waals surface area contributed by atoms with Crippen molar-refractivity contribution in [3.05, 3.63) is 40.5 Å². The van der Waals surface area contributed by atoms with Gasteiger partial charge in [-0.15, -0.1) is 11.3 Å². The molecule has 0 radical (unpaired) electrons. The highest BCUT2D eigenvalue weighted by Crippen LogP contribution is 2.39. The second-order valence-corrected chi connectivity index (χ2v) is 11.1. The minimum Gasteiger partial charge on any atom is -0.495 e. The number of ether oxygens (including phenoxy) is 1. The second-order valence-electron chi connectivity index (χ2n) is 9.97. The number of likely N-dealkylation sites (N-methyl/N-ethyl adjacent to an activating group) is 1. The third kappa shape index (κ3) is 4.99. The molecule has 36 heavy (non-hydrogen) atoms. The summed E-state index contributed by atoms with van der Waals surface area (Å²) in [5.74, 6) is 3.14. The topological polar surface area (TPSA) is 73.8 Å². The van der Waals surface area contributed by atoms with E-state index in [1.54, 1.807) is 7.11 Å². The SMILES string of the molecule is CCN1CCc2c(sc3nc(CC(C)C)nc(N4CCN(C(=O)Nc5ccccc5OC)CC4)c23)C1. The number of methoxy groups -OCH3 is 1. The zero-order chi connectivity index (χ0) is 25.2. The van der Waals surface area contributed by atoms with E-state index in [9.17, 15) is 4.79 Å². The average molecular weight is 509 g/mol. The van der Waals surface area contributed by atoms with Gasteiger partial charge in [0.05, 0.1) is 18.2 Å². The average Bonchev–Trinajstić information content (AvgIpc) is 3.25. The number of para-hydroxylation sites is 2. The van der Waals surface area contributed by atoms with Crippen LogP contribution in [0.3, 0.4) is 0 Å². The largest absolute Gasteiger partial charge is 0.495 e. The van der Waals surface area contributed by atoms with Crippen LogP contribution in [0.5, 0.6) is 5.75 Å². The van der Waals surface area contributed by atoms with E-state index in [1.165, 1.54) is 15.8 Å². The number of thiophene rings is 1. The Morgan fingerprint density at radius 2 is 1.92 bits per heavy atom. The predicted molar refractivity (Wildman–Crippen MR) is 146 cm³/mol. The highest BCUT2D eigenvalue weighted by atomic mass is 32.1. The summed E-state index contributed by atoms with van der Waals surface area (Å²) in [6, 6.07) is 7.41. The van der Waals surface area contributed by atoms with E-state index in [4.69, 9.17) is 14.7 Å². The number of amides is 2. The molecule has 2 aliphatic heterocycles. The van der Waals surface area contributed by atoms with Crippen LogP contribution in [-0.4, -0.2) is 72.2 Å². The van der Waals surface area contributed by atoms with Crippen molar-refractivity contribution in [3.63, 3.8) is 0 Å². The van der Waals surface area contributed by atoms with Crippen LogP contribution in [0.15, 0.2) is 24.3 Å². The Bertz CT molecular complexity index is 1230. The lowest BCUT2D eigenvalue weighted by molar-refractivity contribution is 0.208. The Morgan fingerprint density at radius 1 is 1.14 bits per heavy atom. The van der Waals surface area contributed by atoms with Gasteiger partial charge in [0.1, 0.15) is 22.2 Å². The van der Waals surface area contributed by atoms with Crippen LogP contribution in [0.2, 0.25) is 0 Å². The zero-order valence-electron chi connectivity index (χ0n) is 21.7. The van der Waals surface area contributed by atoms with Crippen LogP contribution < -0.4 is 15.0 Å². The number of urea groups is 1. The maximum absolute atomic E-state index is 13.0. The van der Waals surface area contributed by atoms with E-state index in [1.807, 2.05) is 40.5 Å². The van der Waals surface area contributed by atoms with E-state index >= 15 is 0 Å². The number of nitrogens with one attached hydrogen (secondary N) is 1. The highest BCUT2D eigenvalue weighted by molar-refractivity contribution is 7.19. The molecule has 1 aromatic carbocycles. The van der Waals surface area contributed by atoms with Crippen molar-refractivity contribution in [2.45, 2.75) is 40.2 Å². The molecule has 0 bridgehead atoms. The van der Waals surface area contributed by atoms with Crippen molar-refractivity contribution in [1.29, 1.82) is 0 Å². The molecule has 3 aromatic rings. The number of benzene rings is 1. The predicted octanol–water partition coefficient (Wildman–Crippen LogP) is 4.63. The van der Waals surface area contributed by atoms with Crippen molar-refractivity contribution in [2.75, 3.05) is 56.6 Å². The van der Waals surface area contributed by atoms with Crippen molar-refractivity contribution >= 4 is 39.1 Å². The van der Waals surface area contributed by atoms with Gasteiger partial charge in [-0.2, -0.15) is 0 Å². The first-order valence-corrected chi connectivity index (χ1v) is 13.8. The molecule has 4 heterocycles. The number of nitrogens with zero attached hydrogens (tertiary/aromatic N) is 5. The van der Waals surface area contributed by atoms with Crippen molar-refractivity contribution in [3.8, 4) is 5.75 Å². The molecule has 0 atom stereocenters. The minimum absolute atomic E-state index is 0.0972. The number of aromatic nitrogens is 2. The maximum Gasteiger partial charge on any atom is 0.322 e. The Kier molecular flexibility index (Phi) is 7.29. The Morgan fingerprint density at radius 3 is 2.64 bits per heavy atom. The summed E-state index contributed by atoms with van der Waals surface area (Å²) < 4.78 is 5.38. The van der Waals surface area contributed by atoms with E-state index in [0.717, 1.165) is 62.0 Å². The van der Waals surface area contributed by atoms with Gasteiger partial charge in [0, 0.05) is 50.6 Å². The van der Waals surface area contributed by atoms with Gasteiger partial charge in [0.25, 0.3) is 0 Å². The van der Waals surface area contributed by atoms with Gasteiger partial charge < -0.3 is 19.9 Å². The van der Waals surface area contributed by atoms with Crippen molar-refractivity contribution in [2.24, 2.45) is 5.92 Å². The van der Waals surface area contributed by atoms with Gasteiger partial charge in [-0.1, -0.05) is 32.9 Å². The molecule has 0 unspecified atom stereocenters. The van der Waals surface area contributed by atoms with Crippen molar-refractivity contribution < 1.29 is 9.53 Å². The van der Waals surface area contributed by atoms with Gasteiger partial charge in [0.2, 0.25) is 0 Å². The van der Waals surface area contributed by atoms with E-state index in [0.29, 0.717) is 30.4 Å².